The number of ether oxygens (including phenoxy) is 1. The molecule has 0 radical (unpaired) electrons. The van der Waals surface area contributed by atoms with E-state index in [9.17, 15) is 9.59 Å². The highest BCUT2D eigenvalue weighted by molar-refractivity contribution is 5.78. The van der Waals surface area contributed by atoms with Crippen molar-refractivity contribution in [3.8, 4) is 0 Å². The second kappa shape index (κ2) is 6.88. The van der Waals surface area contributed by atoms with E-state index >= 15 is 0 Å². The van der Waals surface area contributed by atoms with Crippen molar-refractivity contribution in [1.82, 2.24) is 19.9 Å². The summed E-state index contributed by atoms with van der Waals surface area (Å²) in [5, 5.41) is 3.93. The number of aryl methyl sites for hydroxylation is 1. The van der Waals surface area contributed by atoms with Crippen LogP contribution in [0, 0.1) is 0 Å². The number of esters is 1. The third kappa shape index (κ3) is 3.43. The second-order valence-electron chi connectivity index (χ2n) is 6.54. The molecular weight excluding hydrogens is 312 g/mol. The molecule has 0 aromatic carbocycles. The van der Waals surface area contributed by atoms with Gasteiger partial charge in [-0.15, -0.1) is 0 Å². The zero-order valence-corrected chi connectivity index (χ0v) is 14.4. The van der Waals surface area contributed by atoms with Gasteiger partial charge in [0.2, 0.25) is 11.8 Å². The van der Waals surface area contributed by atoms with E-state index in [1.165, 1.54) is 0 Å². The predicted octanol–water partition coefficient (Wildman–Crippen LogP) is 0.759. The molecule has 0 aliphatic carbocycles. The summed E-state index contributed by atoms with van der Waals surface area (Å²) in [6, 6.07) is -0.134. The summed E-state index contributed by atoms with van der Waals surface area (Å²) < 4.78 is 10.4. The molecule has 2 saturated heterocycles. The Kier molecular flexibility index (Phi) is 4.84. The van der Waals surface area contributed by atoms with Gasteiger partial charge >= 0.3 is 5.97 Å². The minimum Gasteiger partial charge on any atom is -0.461 e. The van der Waals surface area contributed by atoms with Gasteiger partial charge in [0, 0.05) is 38.9 Å². The van der Waals surface area contributed by atoms with E-state index in [4.69, 9.17) is 9.26 Å². The Hall–Kier alpha value is -1.96. The molecular formula is C16H24N4O4. The van der Waals surface area contributed by atoms with Gasteiger partial charge in [-0.3, -0.25) is 14.5 Å². The predicted molar refractivity (Wildman–Crippen MR) is 83.8 cm³/mol. The number of nitrogens with zero attached hydrogens (tertiary/aromatic N) is 4. The van der Waals surface area contributed by atoms with E-state index < -0.39 is 0 Å². The molecule has 8 heteroatoms. The van der Waals surface area contributed by atoms with Crippen LogP contribution in [0.1, 0.15) is 45.3 Å². The lowest BCUT2D eigenvalue weighted by molar-refractivity contribution is -0.144. The highest BCUT2D eigenvalue weighted by Gasteiger charge is 2.41. The summed E-state index contributed by atoms with van der Waals surface area (Å²) in [5.74, 6) is 0.925. The average Bonchev–Trinajstić information content (AvgIpc) is 3.24. The summed E-state index contributed by atoms with van der Waals surface area (Å²) in [6.07, 6.45) is 2.19. The van der Waals surface area contributed by atoms with Crippen LogP contribution in [0.15, 0.2) is 4.52 Å². The fourth-order valence-electron chi connectivity index (χ4n) is 3.49. The summed E-state index contributed by atoms with van der Waals surface area (Å²) >= 11 is 0. The highest BCUT2D eigenvalue weighted by Crippen LogP contribution is 2.26. The average molecular weight is 336 g/mol. The lowest BCUT2D eigenvalue weighted by Crippen LogP contribution is -2.43. The SMILES string of the molecule is CCc1nc(CN(C(C)=O)C2CCN(C3CC(C)OC3=O)C2)no1. The van der Waals surface area contributed by atoms with Gasteiger partial charge in [0.05, 0.1) is 6.54 Å². The monoisotopic (exact) mass is 336 g/mol. The highest BCUT2D eigenvalue weighted by atomic mass is 16.6. The first-order valence-corrected chi connectivity index (χ1v) is 8.51. The van der Waals surface area contributed by atoms with Gasteiger partial charge in [-0.2, -0.15) is 4.98 Å². The minimum absolute atomic E-state index is 0.0212. The standard InChI is InChI=1S/C16H24N4O4/c1-4-15-17-14(18-24-15)9-20(11(3)21)12-5-6-19(8-12)13-7-10(2)23-16(13)22/h10,12-13H,4-9H2,1-3H3. The van der Waals surface area contributed by atoms with Crippen LogP contribution in [-0.2, 0) is 27.3 Å². The third-order valence-corrected chi connectivity index (χ3v) is 4.75. The minimum atomic E-state index is -0.185. The van der Waals surface area contributed by atoms with Gasteiger partial charge in [0.25, 0.3) is 0 Å². The Morgan fingerprint density at radius 3 is 2.83 bits per heavy atom. The smallest absolute Gasteiger partial charge is 0.323 e. The molecule has 8 nitrogen and oxygen atoms in total. The first-order valence-electron chi connectivity index (χ1n) is 8.51. The van der Waals surface area contributed by atoms with E-state index in [-0.39, 0.29) is 30.1 Å². The van der Waals surface area contributed by atoms with Gasteiger partial charge in [-0.05, 0) is 13.3 Å². The van der Waals surface area contributed by atoms with Crippen molar-refractivity contribution in [3.05, 3.63) is 11.7 Å². The number of hydrogen-bond donors (Lipinski definition) is 0. The van der Waals surface area contributed by atoms with Gasteiger partial charge < -0.3 is 14.2 Å². The number of hydrogen-bond acceptors (Lipinski definition) is 7. The normalized spacial score (nSPS) is 27.5. The Morgan fingerprint density at radius 1 is 1.46 bits per heavy atom. The number of aromatic nitrogens is 2. The van der Waals surface area contributed by atoms with Crippen molar-refractivity contribution >= 4 is 11.9 Å². The van der Waals surface area contributed by atoms with Crippen LogP contribution in [0.3, 0.4) is 0 Å². The molecule has 0 N–H and O–H groups in total. The van der Waals surface area contributed by atoms with Gasteiger partial charge in [0.1, 0.15) is 12.1 Å². The summed E-state index contributed by atoms with van der Waals surface area (Å²) in [5.41, 5.74) is 0. The van der Waals surface area contributed by atoms with Crippen molar-refractivity contribution < 1.29 is 18.8 Å². The number of likely N-dealkylation sites (tertiary alicyclic amines) is 1. The molecule has 3 atom stereocenters. The molecule has 24 heavy (non-hydrogen) atoms. The molecule has 3 rings (SSSR count). The molecule has 3 heterocycles. The number of rotatable bonds is 5. The maximum atomic E-state index is 12.1. The van der Waals surface area contributed by atoms with Gasteiger partial charge in [-0.1, -0.05) is 12.1 Å². The molecule has 3 unspecified atom stereocenters. The van der Waals surface area contributed by atoms with Crippen molar-refractivity contribution in [2.24, 2.45) is 0 Å². The van der Waals surface area contributed by atoms with Gasteiger partial charge in [-0.25, -0.2) is 0 Å². The van der Waals surface area contributed by atoms with E-state index in [1.54, 1.807) is 11.8 Å². The number of cyclic esters (lactones) is 1. The van der Waals surface area contributed by atoms with Crippen molar-refractivity contribution in [2.45, 2.75) is 64.8 Å². The molecule has 132 valence electrons. The van der Waals surface area contributed by atoms with Crippen LogP contribution in [0.4, 0.5) is 0 Å². The Morgan fingerprint density at radius 2 is 2.25 bits per heavy atom. The van der Waals surface area contributed by atoms with Crippen LogP contribution >= 0.6 is 0 Å². The summed E-state index contributed by atoms with van der Waals surface area (Å²) in [4.78, 5) is 32.2. The lowest BCUT2D eigenvalue weighted by atomic mass is 10.1. The van der Waals surface area contributed by atoms with E-state index in [1.807, 2.05) is 13.8 Å². The molecule has 2 fully saturated rings. The van der Waals surface area contributed by atoms with Crippen LogP contribution in [0.2, 0.25) is 0 Å². The van der Waals surface area contributed by atoms with Crippen LogP contribution in [-0.4, -0.2) is 63.1 Å². The van der Waals surface area contributed by atoms with E-state index in [0.717, 1.165) is 19.4 Å². The maximum absolute atomic E-state index is 12.1. The molecule has 1 amide bonds. The zero-order chi connectivity index (χ0) is 17.3. The van der Waals surface area contributed by atoms with Crippen molar-refractivity contribution in [3.63, 3.8) is 0 Å². The van der Waals surface area contributed by atoms with Gasteiger partial charge in [0.15, 0.2) is 5.82 Å². The fraction of sp³-hybridized carbons (Fsp3) is 0.750. The molecule has 1 aromatic heterocycles. The summed E-state index contributed by atoms with van der Waals surface area (Å²) in [7, 11) is 0. The maximum Gasteiger partial charge on any atom is 0.323 e. The number of carbonyl (C=O) groups excluding carboxylic acids is 2. The molecule has 0 saturated carbocycles. The first kappa shape index (κ1) is 16.9. The topological polar surface area (TPSA) is 88.8 Å². The molecule has 0 bridgehead atoms. The molecule has 0 spiro atoms. The fourth-order valence-corrected chi connectivity index (χ4v) is 3.49. The second-order valence-corrected chi connectivity index (χ2v) is 6.54. The molecule has 2 aliphatic heterocycles. The van der Waals surface area contributed by atoms with Crippen molar-refractivity contribution in [1.29, 1.82) is 0 Å². The largest absolute Gasteiger partial charge is 0.461 e. The van der Waals surface area contributed by atoms with Crippen LogP contribution in [0.25, 0.3) is 0 Å². The Labute approximate surface area is 141 Å². The summed E-state index contributed by atoms with van der Waals surface area (Å²) in [6.45, 7) is 7.20. The van der Waals surface area contributed by atoms with Crippen molar-refractivity contribution in [2.75, 3.05) is 13.1 Å². The molecule has 1 aromatic rings. The first-order chi connectivity index (χ1) is 11.5. The third-order valence-electron chi connectivity index (χ3n) is 4.75. The lowest BCUT2D eigenvalue weighted by Gasteiger charge is -2.27. The van der Waals surface area contributed by atoms with E-state index in [2.05, 4.69) is 15.0 Å². The molecule has 2 aliphatic rings. The quantitative estimate of drug-likeness (QED) is 0.733. The number of amides is 1. The number of carbonyl (C=O) groups is 2. The van der Waals surface area contributed by atoms with E-state index in [0.29, 0.717) is 31.2 Å². The Bertz CT molecular complexity index is 617. The van der Waals surface area contributed by atoms with Crippen LogP contribution in [0.5, 0.6) is 0 Å². The Balaban J connectivity index is 1.64. The zero-order valence-electron chi connectivity index (χ0n) is 14.4. The van der Waals surface area contributed by atoms with Crippen LogP contribution < -0.4 is 0 Å².